The van der Waals surface area contributed by atoms with Crippen LogP contribution in [0.25, 0.3) is 11.3 Å². The molecule has 1 aromatic carbocycles. The summed E-state index contributed by atoms with van der Waals surface area (Å²) in [6.45, 7) is 3.58. The molecule has 1 saturated heterocycles. The van der Waals surface area contributed by atoms with Gasteiger partial charge in [-0.1, -0.05) is 43.5 Å². The van der Waals surface area contributed by atoms with Gasteiger partial charge in [0.25, 0.3) is 0 Å². The molecule has 1 saturated carbocycles. The van der Waals surface area contributed by atoms with E-state index in [-0.39, 0.29) is 0 Å². The van der Waals surface area contributed by atoms with Gasteiger partial charge in [-0.25, -0.2) is 0 Å². The van der Waals surface area contributed by atoms with Crippen LogP contribution < -0.4 is 0 Å². The number of hydrogen-bond donors (Lipinski definition) is 2. The average Bonchev–Trinajstić information content (AvgIpc) is 3.25. The minimum absolute atomic E-state index is 0.575. The lowest BCUT2D eigenvalue weighted by molar-refractivity contribution is -0.144. The second-order valence-corrected chi connectivity index (χ2v) is 7.70. The molecule has 0 radical (unpaired) electrons. The van der Waals surface area contributed by atoms with Gasteiger partial charge < -0.3 is 5.11 Å². The smallest absolute Gasteiger partial charge is 0.325 e. The SMILES string of the molecule is O=C(O)C(c1ccc(-c2ccn[nH]2)cc1)N1CCN(C2CCCCC2)CC1. The van der Waals surface area contributed by atoms with Crippen molar-refractivity contribution in [2.45, 2.75) is 44.2 Å². The number of aromatic nitrogens is 2. The predicted octanol–water partition coefficient (Wildman–Crippen LogP) is 3.15. The Morgan fingerprint density at radius 2 is 1.74 bits per heavy atom. The van der Waals surface area contributed by atoms with Crippen LogP contribution in [0.1, 0.15) is 43.7 Å². The molecule has 1 aliphatic heterocycles. The molecule has 0 spiro atoms. The quantitative estimate of drug-likeness (QED) is 0.848. The van der Waals surface area contributed by atoms with Crippen molar-refractivity contribution in [1.29, 1.82) is 0 Å². The summed E-state index contributed by atoms with van der Waals surface area (Å²) >= 11 is 0. The van der Waals surface area contributed by atoms with E-state index >= 15 is 0 Å². The first-order valence-electron chi connectivity index (χ1n) is 10.0. The second-order valence-electron chi connectivity index (χ2n) is 7.70. The van der Waals surface area contributed by atoms with Gasteiger partial charge in [-0.05, 0) is 30.0 Å². The lowest BCUT2D eigenvalue weighted by atomic mass is 9.93. The van der Waals surface area contributed by atoms with Crippen LogP contribution in [0.5, 0.6) is 0 Å². The highest BCUT2D eigenvalue weighted by Crippen LogP contribution is 2.28. The lowest BCUT2D eigenvalue weighted by Gasteiger charge is -2.42. The summed E-state index contributed by atoms with van der Waals surface area (Å²) in [6.07, 6.45) is 8.37. The van der Waals surface area contributed by atoms with Crippen molar-refractivity contribution in [3.8, 4) is 11.3 Å². The lowest BCUT2D eigenvalue weighted by Crippen LogP contribution is -2.52. The molecule has 2 N–H and O–H groups in total. The molecule has 2 aliphatic rings. The van der Waals surface area contributed by atoms with Gasteiger partial charge in [0.2, 0.25) is 0 Å². The first-order chi connectivity index (χ1) is 13.2. The van der Waals surface area contributed by atoms with E-state index in [0.29, 0.717) is 6.04 Å². The van der Waals surface area contributed by atoms with E-state index in [0.717, 1.165) is 43.0 Å². The fourth-order valence-corrected chi connectivity index (χ4v) is 4.58. The fraction of sp³-hybridized carbons (Fsp3) is 0.524. The number of carboxylic acid groups (broad SMARTS) is 1. The van der Waals surface area contributed by atoms with E-state index in [1.165, 1.54) is 32.1 Å². The van der Waals surface area contributed by atoms with Crippen LogP contribution in [0.3, 0.4) is 0 Å². The van der Waals surface area contributed by atoms with Crippen LogP contribution >= 0.6 is 0 Å². The first-order valence-corrected chi connectivity index (χ1v) is 10.0. The van der Waals surface area contributed by atoms with Crippen LogP contribution in [-0.2, 0) is 4.79 Å². The minimum Gasteiger partial charge on any atom is -0.480 e. The van der Waals surface area contributed by atoms with Gasteiger partial charge in [0, 0.05) is 38.4 Å². The molecule has 2 heterocycles. The van der Waals surface area contributed by atoms with Crippen molar-refractivity contribution >= 4 is 5.97 Å². The van der Waals surface area contributed by atoms with Crippen LogP contribution in [-0.4, -0.2) is 63.3 Å². The van der Waals surface area contributed by atoms with Crippen molar-refractivity contribution < 1.29 is 9.90 Å². The number of nitrogens with zero attached hydrogens (tertiary/aromatic N) is 3. The van der Waals surface area contributed by atoms with E-state index in [1.54, 1.807) is 6.20 Å². The summed E-state index contributed by atoms with van der Waals surface area (Å²) in [7, 11) is 0. The molecule has 2 fully saturated rings. The number of rotatable bonds is 5. The Hall–Kier alpha value is -2.18. The summed E-state index contributed by atoms with van der Waals surface area (Å²) < 4.78 is 0. The third-order valence-electron chi connectivity index (χ3n) is 6.08. The van der Waals surface area contributed by atoms with Crippen molar-refractivity contribution in [2.75, 3.05) is 26.2 Å². The van der Waals surface area contributed by atoms with Crippen molar-refractivity contribution in [3.63, 3.8) is 0 Å². The fourth-order valence-electron chi connectivity index (χ4n) is 4.58. The zero-order valence-electron chi connectivity index (χ0n) is 15.7. The highest BCUT2D eigenvalue weighted by molar-refractivity contribution is 5.76. The summed E-state index contributed by atoms with van der Waals surface area (Å²) in [4.78, 5) is 16.7. The van der Waals surface area contributed by atoms with Gasteiger partial charge in [-0.2, -0.15) is 5.10 Å². The Balaban J connectivity index is 1.43. The zero-order chi connectivity index (χ0) is 18.6. The van der Waals surface area contributed by atoms with Gasteiger partial charge in [0.1, 0.15) is 6.04 Å². The molecule has 0 amide bonds. The van der Waals surface area contributed by atoms with Crippen LogP contribution in [0.4, 0.5) is 0 Å². The minimum atomic E-state index is -0.768. The first kappa shape index (κ1) is 18.2. The van der Waals surface area contributed by atoms with Gasteiger partial charge in [0.05, 0.1) is 5.69 Å². The number of H-pyrrole nitrogens is 1. The summed E-state index contributed by atoms with van der Waals surface area (Å²) in [5.74, 6) is -0.768. The van der Waals surface area contributed by atoms with E-state index in [1.807, 2.05) is 30.3 Å². The zero-order valence-corrected chi connectivity index (χ0v) is 15.7. The van der Waals surface area contributed by atoms with Crippen LogP contribution in [0, 0.1) is 0 Å². The number of carbonyl (C=O) groups is 1. The molecule has 2 aromatic rings. The highest BCUT2D eigenvalue weighted by Gasteiger charge is 2.32. The summed E-state index contributed by atoms with van der Waals surface area (Å²) in [5.41, 5.74) is 2.80. The molecule has 1 unspecified atom stereocenters. The normalized spacial score (nSPS) is 21.2. The Kier molecular flexibility index (Phi) is 5.55. The molecule has 4 rings (SSSR count). The standard InChI is InChI=1S/C21H28N4O2/c26-21(27)20(17-8-6-16(7-9-17)19-10-11-22-23-19)25-14-12-24(13-15-25)18-4-2-1-3-5-18/h6-11,18,20H,1-5,12-15H2,(H,22,23)(H,26,27). The number of aliphatic carboxylic acids is 1. The average molecular weight is 368 g/mol. The number of nitrogens with one attached hydrogen (secondary N) is 1. The maximum atomic E-state index is 12.0. The predicted molar refractivity (Wildman–Crippen MR) is 104 cm³/mol. The third-order valence-corrected chi connectivity index (χ3v) is 6.08. The monoisotopic (exact) mass is 368 g/mol. The van der Waals surface area contributed by atoms with Gasteiger partial charge in [0.15, 0.2) is 0 Å². The molecule has 6 heteroatoms. The van der Waals surface area contributed by atoms with Crippen molar-refractivity contribution in [2.24, 2.45) is 0 Å². The Morgan fingerprint density at radius 1 is 1.04 bits per heavy atom. The largest absolute Gasteiger partial charge is 0.480 e. The van der Waals surface area contributed by atoms with Crippen molar-refractivity contribution in [1.82, 2.24) is 20.0 Å². The Morgan fingerprint density at radius 3 is 2.33 bits per heavy atom. The molecule has 6 nitrogen and oxygen atoms in total. The number of carboxylic acids is 1. The maximum Gasteiger partial charge on any atom is 0.325 e. The topological polar surface area (TPSA) is 72.5 Å². The number of hydrogen-bond acceptors (Lipinski definition) is 4. The summed E-state index contributed by atoms with van der Waals surface area (Å²) in [5, 5.41) is 16.8. The highest BCUT2D eigenvalue weighted by atomic mass is 16.4. The van der Waals surface area contributed by atoms with E-state index < -0.39 is 12.0 Å². The van der Waals surface area contributed by atoms with Crippen molar-refractivity contribution in [3.05, 3.63) is 42.1 Å². The number of piperazine rings is 1. The molecule has 1 aromatic heterocycles. The molecular weight excluding hydrogens is 340 g/mol. The Labute approximate surface area is 160 Å². The van der Waals surface area contributed by atoms with Gasteiger partial charge in [-0.15, -0.1) is 0 Å². The number of aromatic amines is 1. The van der Waals surface area contributed by atoms with Gasteiger partial charge in [-0.3, -0.25) is 19.7 Å². The molecule has 27 heavy (non-hydrogen) atoms. The number of benzene rings is 1. The van der Waals surface area contributed by atoms with E-state index in [4.69, 9.17) is 0 Å². The molecule has 1 atom stereocenters. The summed E-state index contributed by atoms with van der Waals surface area (Å²) in [6, 6.07) is 9.85. The van der Waals surface area contributed by atoms with E-state index in [9.17, 15) is 9.90 Å². The van der Waals surface area contributed by atoms with Gasteiger partial charge >= 0.3 is 5.97 Å². The van der Waals surface area contributed by atoms with Crippen LogP contribution in [0.2, 0.25) is 0 Å². The molecular formula is C21H28N4O2. The molecule has 0 bridgehead atoms. The second kappa shape index (κ2) is 8.23. The molecule has 144 valence electrons. The molecule has 1 aliphatic carbocycles. The Bertz CT molecular complexity index is 730. The third kappa shape index (κ3) is 4.06. The van der Waals surface area contributed by atoms with Crippen LogP contribution in [0.15, 0.2) is 36.5 Å². The van der Waals surface area contributed by atoms with E-state index in [2.05, 4.69) is 20.0 Å². The maximum absolute atomic E-state index is 12.0.